The smallest absolute Gasteiger partial charge is 0.256 e. The van der Waals surface area contributed by atoms with Crippen LogP contribution in [0.25, 0.3) is 22.2 Å². The average molecular weight is 396 g/mol. The van der Waals surface area contributed by atoms with Gasteiger partial charge in [-0.05, 0) is 42.7 Å². The van der Waals surface area contributed by atoms with Crippen molar-refractivity contribution in [3.8, 4) is 11.3 Å². The first-order valence-electron chi connectivity index (χ1n) is 10.4. The van der Waals surface area contributed by atoms with Crippen LogP contribution in [0.4, 0.5) is 0 Å². The fourth-order valence-electron chi connectivity index (χ4n) is 5.09. The quantitative estimate of drug-likeness (QED) is 0.663. The van der Waals surface area contributed by atoms with E-state index in [1.165, 1.54) is 0 Å². The number of carbonyl (C=O) groups is 2. The predicted octanol–water partition coefficient (Wildman–Crippen LogP) is 5.15. The highest BCUT2D eigenvalue weighted by Crippen LogP contribution is 2.68. The SMILES string of the molecule is CC(=O)C1=C(NC(=O)c2cc(-c3ccccc3)nc3ccccc23)C[C@@H]2[C@@H]1C2(C)C. The van der Waals surface area contributed by atoms with Gasteiger partial charge in [0.2, 0.25) is 0 Å². The third kappa shape index (κ3) is 2.86. The standard InChI is InChI=1S/C26H24N2O2/c1-15(29)23-22(14-19-24(23)26(19,2)3)28-25(30)18-13-21(16-9-5-4-6-10-16)27-20-12-8-7-11-17(18)20/h4-13,19,24H,14H2,1-3H3,(H,28,30)/t19-,24+/m1/s1. The summed E-state index contributed by atoms with van der Waals surface area (Å²) >= 11 is 0. The molecule has 0 aliphatic heterocycles. The van der Waals surface area contributed by atoms with Gasteiger partial charge >= 0.3 is 0 Å². The lowest BCUT2D eigenvalue weighted by molar-refractivity contribution is -0.114. The molecular weight excluding hydrogens is 372 g/mol. The average Bonchev–Trinajstić information content (AvgIpc) is 3.08. The zero-order chi connectivity index (χ0) is 21.0. The number of amides is 1. The Morgan fingerprint density at radius 3 is 2.47 bits per heavy atom. The molecule has 0 radical (unpaired) electrons. The van der Waals surface area contributed by atoms with Crippen LogP contribution in [-0.2, 0) is 4.79 Å². The highest BCUT2D eigenvalue weighted by molar-refractivity contribution is 6.08. The molecule has 1 N–H and O–H groups in total. The fraction of sp³-hybridized carbons (Fsp3) is 0.269. The number of rotatable bonds is 4. The molecule has 1 fully saturated rings. The molecule has 1 aromatic heterocycles. The van der Waals surface area contributed by atoms with E-state index in [0.29, 0.717) is 11.5 Å². The van der Waals surface area contributed by atoms with Crippen LogP contribution in [0.15, 0.2) is 71.9 Å². The zero-order valence-corrected chi connectivity index (χ0v) is 17.4. The summed E-state index contributed by atoms with van der Waals surface area (Å²) < 4.78 is 0. The number of nitrogens with one attached hydrogen (secondary N) is 1. The van der Waals surface area contributed by atoms with Crippen molar-refractivity contribution in [1.82, 2.24) is 10.3 Å². The van der Waals surface area contributed by atoms with E-state index in [0.717, 1.165) is 39.9 Å². The molecule has 2 aliphatic carbocycles. The highest BCUT2D eigenvalue weighted by atomic mass is 16.2. The van der Waals surface area contributed by atoms with Crippen LogP contribution in [-0.4, -0.2) is 16.7 Å². The molecule has 30 heavy (non-hydrogen) atoms. The van der Waals surface area contributed by atoms with E-state index in [1.54, 1.807) is 6.92 Å². The largest absolute Gasteiger partial charge is 0.325 e. The van der Waals surface area contributed by atoms with Crippen molar-refractivity contribution in [3.05, 3.63) is 77.5 Å². The van der Waals surface area contributed by atoms with Crippen molar-refractivity contribution in [2.75, 3.05) is 0 Å². The summed E-state index contributed by atoms with van der Waals surface area (Å²) in [4.78, 5) is 30.5. The number of carbonyl (C=O) groups excluding carboxylic acids is 2. The summed E-state index contributed by atoms with van der Waals surface area (Å²) in [6, 6.07) is 19.4. The third-order valence-corrected chi connectivity index (χ3v) is 6.78. The molecule has 0 unspecified atom stereocenters. The predicted molar refractivity (Wildman–Crippen MR) is 118 cm³/mol. The van der Waals surface area contributed by atoms with E-state index < -0.39 is 0 Å². The summed E-state index contributed by atoms with van der Waals surface area (Å²) in [5, 5.41) is 3.90. The molecule has 0 spiro atoms. The Morgan fingerprint density at radius 2 is 1.73 bits per heavy atom. The normalized spacial score (nSPS) is 21.4. The number of pyridine rings is 1. The first-order chi connectivity index (χ1) is 14.4. The van der Waals surface area contributed by atoms with Gasteiger partial charge in [-0.15, -0.1) is 0 Å². The number of allylic oxidation sites excluding steroid dienone is 2. The highest BCUT2D eigenvalue weighted by Gasteiger charge is 2.64. The summed E-state index contributed by atoms with van der Waals surface area (Å²) in [5.74, 6) is 0.590. The Bertz CT molecular complexity index is 1220. The number of ketones is 1. The fourth-order valence-corrected chi connectivity index (χ4v) is 5.09. The van der Waals surface area contributed by atoms with E-state index in [4.69, 9.17) is 4.98 Å². The number of para-hydroxylation sites is 1. The molecule has 1 heterocycles. The Morgan fingerprint density at radius 1 is 1.03 bits per heavy atom. The molecule has 2 aliphatic rings. The monoisotopic (exact) mass is 396 g/mol. The van der Waals surface area contributed by atoms with Crippen LogP contribution in [0.5, 0.6) is 0 Å². The topological polar surface area (TPSA) is 59.1 Å². The van der Waals surface area contributed by atoms with E-state index >= 15 is 0 Å². The molecule has 5 rings (SSSR count). The van der Waals surface area contributed by atoms with Crippen LogP contribution in [0.1, 0.15) is 37.6 Å². The van der Waals surface area contributed by atoms with Crippen molar-refractivity contribution in [2.45, 2.75) is 27.2 Å². The van der Waals surface area contributed by atoms with Gasteiger partial charge in [-0.25, -0.2) is 4.98 Å². The number of nitrogens with zero attached hydrogens (tertiary/aromatic N) is 1. The van der Waals surface area contributed by atoms with Crippen LogP contribution < -0.4 is 5.32 Å². The second kappa shape index (κ2) is 6.63. The van der Waals surface area contributed by atoms with Gasteiger partial charge in [0.1, 0.15) is 0 Å². The molecule has 4 heteroatoms. The molecule has 1 saturated carbocycles. The molecule has 1 amide bonds. The van der Waals surface area contributed by atoms with Crippen molar-refractivity contribution < 1.29 is 9.59 Å². The molecule has 4 nitrogen and oxygen atoms in total. The zero-order valence-electron chi connectivity index (χ0n) is 17.4. The minimum atomic E-state index is -0.182. The Kier molecular flexibility index (Phi) is 4.14. The minimum absolute atomic E-state index is 0.0629. The Balaban J connectivity index is 1.56. The van der Waals surface area contributed by atoms with E-state index in [2.05, 4.69) is 19.2 Å². The van der Waals surface area contributed by atoms with Gasteiger partial charge in [-0.3, -0.25) is 9.59 Å². The molecule has 0 saturated heterocycles. The Hall–Kier alpha value is -3.27. The third-order valence-electron chi connectivity index (χ3n) is 6.78. The number of hydrogen-bond acceptors (Lipinski definition) is 3. The lowest BCUT2D eigenvalue weighted by Crippen LogP contribution is -2.26. The van der Waals surface area contributed by atoms with Crippen LogP contribution in [0.2, 0.25) is 0 Å². The van der Waals surface area contributed by atoms with Gasteiger partial charge in [0.25, 0.3) is 5.91 Å². The maximum atomic E-state index is 13.4. The summed E-state index contributed by atoms with van der Waals surface area (Å²) in [6.07, 6.45) is 0.757. The van der Waals surface area contributed by atoms with Gasteiger partial charge < -0.3 is 5.32 Å². The van der Waals surface area contributed by atoms with Crippen LogP contribution in [0, 0.1) is 17.3 Å². The molecule has 2 aromatic carbocycles. The summed E-state index contributed by atoms with van der Waals surface area (Å²) in [5.41, 5.74) is 4.83. The van der Waals surface area contributed by atoms with Gasteiger partial charge in [0, 0.05) is 22.2 Å². The number of benzene rings is 2. The molecule has 3 aromatic rings. The summed E-state index contributed by atoms with van der Waals surface area (Å²) in [7, 11) is 0. The van der Waals surface area contributed by atoms with Gasteiger partial charge in [-0.2, -0.15) is 0 Å². The number of Topliss-reactive ketones (excluding diaryl/α,β-unsaturated/α-hetero) is 1. The maximum absolute atomic E-state index is 13.4. The van der Waals surface area contributed by atoms with E-state index in [-0.39, 0.29) is 23.0 Å². The molecule has 0 bridgehead atoms. The second-order valence-corrected chi connectivity index (χ2v) is 8.95. The maximum Gasteiger partial charge on any atom is 0.256 e. The van der Waals surface area contributed by atoms with Crippen molar-refractivity contribution in [1.29, 1.82) is 0 Å². The van der Waals surface area contributed by atoms with Crippen LogP contribution in [0.3, 0.4) is 0 Å². The Labute approximate surface area is 176 Å². The minimum Gasteiger partial charge on any atom is -0.325 e. The van der Waals surface area contributed by atoms with Gasteiger partial charge in [-0.1, -0.05) is 62.4 Å². The first-order valence-corrected chi connectivity index (χ1v) is 10.4. The molecule has 150 valence electrons. The van der Waals surface area contributed by atoms with E-state index in [9.17, 15) is 9.59 Å². The number of aromatic nitrogens is 1. The summed E-state index contributed by atoms with van der Waals surface area (Å²) in [6.45, 7) is 6.01. The van der Waals surface area contributed by atoms with Crippen LogP contribution >= 0.6 is 0 Å². The lowest BCUT2D eigenvalue weighted by Gasteiger charge is -2.16. The number of hydrogen-bond donors (Lipinski definition) is 1. The van der Waals surface area contributed by atoms with E-state index in [1.807, 2.05) is 60.7 Å². The van der Waals surface area contributed by atoms with Crippen molar-refractivity contribution in [2.24, 2.45) is 17.3 Å². The lowest BCUT2D eigenvalue weighted by atomic mass is 9.96. The second-order valence-electron chi connectivity index (χ2n) is 8.95. The molecule has 2 atom stereocenters. The van der Waals surface area contributed by atoms with Crippen molar-refractivity contribution >= 4 is 22.6 Å². The number of fused-ring (bicyclic) bond motifs is 2. The van der Waals surface area contributed by atoms with Gasteiger partial charge in [0.15, 0.2) is 5.78 Å². The first kappa shape index (κ1) is 18.7. The van der Waals surface area contributed by atoms with Crippen molar-refractivity contribution in [3.63, 3.8) is 0 Å². The molecular formula is C26H24N2O2. The van der Waals surface area contributed by atoms with Gasteiger partial charge in [0.05, 0.1) is 16.8 Å².